The van der Waals surface area contributed by atoms with Gasteiger partial charge in [0.1, 0.15) is 0 Å². The van der Waals surface area contributed by atoms with E-state index < -0.39 is 0 Å². The molecule has 0 aromatic heterocycles. The molecule has 0 fully saturated rings. The van der Waals surface area contributed by atoms with Crippen molar-refractivity contribution in [3.63, 3.8) is 0 Å². The van der Waals surface area contributed by atoms with E-state index in [1.54, 1.807) is 18.2 Å². The molecule has 0 atom stereocenters. The predicted molar refractivity (Wildman–Crippen MR) is 89.9 cm³/mol. The summed E-state index contributed by atoms with van der Waals surface area (Å²) in [4.78, 5) is 12.7. The second-order valence-electron chi connectivity index (χ2n) is 4.34. The van der Waals surface area contributed by atoms with Gasteiger partial charge in [-0.25, -0.2) is 0 Å². The molecule has 21 heavy (non-hydrogen) atoms. The third-order valence-electron chi connectivity index (χ3n) is 2.78. The zero-order chi connectivity index (χ0) is 15.2. The van der Waals surface area contributed by atoms with Crippen LogP contribution in [0.25, 0.3) is 0 Å². The van der Waals surface area contributed by atoms with E-state index in [-0.39, 0.29) is 5.91 Å². The van der Waals surface area contributed by atoms with Gasteiger partial charge >= 0.3 is 0 Å². The van der Waals surface area contributed by atoms with E-state index in [0.717, 1.165) is 10.5 Å². The lowest BCUT2D eigenvalue weighted by Crippen LogP contribution is -2.24. The molecule has 2 rings (SSSR count). The van der Waals surface area contributed by atoms with Crippen molar-refractivity contribution >= 4 is 46.6 Å². The third kappa shape index (κ3) is 4.84. The quantitative estimate of drug-likeness (QED) is 0.639. The van der Waals surface area contributed by atoms with E-state index in [0.29, 0.717) is 28.0 Å². The number of carbonyl (C=O) groups is 1. The molecule has 0 aliphatic rings. The van der Waals surface area contributed by atoms with Crippen LogP contribution >= 0.6 is 35.0 Å². The zero-order valence-electron chi connectivity index (χ0n) is 11.1. The number of thioether (sulfide) groups is 1. The lowest BCUT2D eigenvalue weighted by molar-refractivity contribution is -0.118. The Hall–Kier alpha value is -1.36. The van der Waals surface area contributed by atoms with Crippen molar-refractivity contribution in [3.05, 3.63) is 58.1 Å². The summed E-state index contributed by atoms with van der Waals surface area (Å²) in [7, 11) is 0. The second-order valence-corrected chi connectivity index (χ2v) is 6.20. The Labute approximate surface area is 137 Å². The number of amides is 1. The van der Waals surface area contributed by atoms with Gasteiger partial charge in [0, 0.05) is 16.5 Å². The molecule has 0 unspecified atom stereocenters. The Morgan fingerprint density at radius 3 is 2.62 bits per heavy atom. The van der Waals surface area contributed by atoms with Crippen molar-refractivity contribution in [2.75, 3.05) is 11.5 Å². The van der Waals surface area contributed by atoms with E-state index in [9.17, 15) is 4.79 Å². The molecule has 2 aromatic carbocycles. The first-order valence-corrected chi connectivity index (χ1v) is 7.98. The van der Waals surface area contributed by atoms with E-state index in [1.807, 2.05) is 24.3 Å². The van der Waals surface area contributed by atoms with Crippen LogP contribution in [0.4, 0.5) is 5.69 Å². The minimum Gasteiger partial charge on any atom is -0.398 e. The van der Waals surface area contributed by atoms with Crippen molar-refractivity contribution in [1.29, 1.82) is 0 Å². The molecule has 110 valence electrons. The first-order chi connectivity index (χ1) is 10.1. The number of hydrogen-bond donors (Lipinski definition) is 2. The SMILES string of the molecule is Nc1ccc(SCC(=O)NCc2ccccc2Cl)cc1Cl. The van der Waals surface area contributed by atoms with Gasteiger partial charge in [0.2, 0.25) is 5.91 Å². The average Bonchev–Trinajstić information content (AvgIpc) is 2.47. The van der Waals surface area contributed by atoms with Crippen LogP contribution in [0.1, 0.15) is 5.56 Å². The summed E-state index contributed by atoms with van der Waals surface area (Å²) in [6, 6.07) is 12.7. The number of rotatable bonds is 5. The maximum absolute atomic E-state index is 11.8. The normalized spacial score (nSPS) is 10.4. The Balaban J connectivity index is 1.82. The predicted octanol–water partition coefficient (Wildman–Crippen LogP) is 3.98. The van der Waals surface area contributed by atoms with E-state index in [1.165, 1.54) is 11.8 Å². The van der Waals surface area contributed by atoms with Gasteiger partial charge in [-0.1, -0.05) is 41.4 Å². The molecule has 0 saturated heterocycles. The molecule has 3 nitrogen and oxygen atoms in total. The summed E-state index contributed by atoms with van der Waals surface area (Å²) < 4.78 is 0. The molecule has 0 radical (unpaired) electrons. The summed E-state index contributed by atoms with van der Waals surface area (Å²) in [5.74, 6) is 0.248. The lowest BCUT2D eigenvalue weighted by Gasteiger charge is -2.07. The third-order valence-corrected chi connectivity index (χ3v) is 4.47. The molecule has 0 heterocycles. The van der Waals surface area contributed by atoms with Crippen molar-refractivity contribution < 1.29 is 4.79 Å². The minimum atomic E-state index is -0.0622. The smallest absolute Gasteiger partial charge is 0.230 e. The molecule has 2 aromatic rings. The van der Waals surface area contributed by atoms with Crippen LogP contribution in [0.15, 0.2) is 47.4 Å². The highest BCUT2D eigenvalue weighted by Gasteiger charge is 2.06. The Kier molecular flexibility index (Phi) is 5.79. The van der Waals surface area contributed by atoms with Crippen molar-refractivity contribution in [2.24, 2.45) is 0 Å². The van der Waals surface area contributed by atoms with Crippen molar-refractivity contribution in [1.82, 2.24) is 5.32 Å². The Morgan fingerprint density at radius 1 is 1.14 bits per heavy atom. The summed E-state index contributed by atoms with van der Waals surface area (Å²) in [6.45, 7) is 0.418. The molecule has 6 heteroatoms. The van der Waals surface area contributed by atoms with Crippen molar-refractivity contribution in [2.45, 2.75) is 11.4 Å². The molecular formula is C15H14Cl2N2OS. The minimum absolute atomic E-state index is 0.0622. The van der Waals surface area contributed by atoms with Gasteiger partial charge in [0.15, 0.2) is 0 Å². The number of nitrogens with one attached hydrogen (secondary N) is 1. The Morgan fingerprint density at radius 2 is 1.90 bits per heavy atom. The average molecular weight is 341 g/mol. The van der Waals surface area contributed by atoms with Crippen LogP contribution in [0.2, 0.25) is 10.0 Å². The molecule has 0 saturated carbocycles. The van der Waals surface area contributed by atoms with Crippen LogP contribution in [0.3, 0.4) is 0 Å². The summed E-state index contributed by atoms with van der Waals surface area (Å²) in [6.07, 6.45) is 0. The van der Waals surface area contributed by atoms with E-state index in [4.69, 9.17) is 28.9 Å². The first kappa shape index (κ1) is 16.0. The highest BCUT2D eigenvalue weighted by molar-refractivity contribution is 8.00. The molecule has 1 amide bonds. The van der Waals surface area contributed by atoms with Crippen molar-refractivity contribution in [3.8, 4) is 0 Å². The van der Waals surface area contributed by atoms with Crippen LogP contribution in [-0.4, -0.2) is 11.7 Å². The lowest BCUT2D eigenvalue weighted by atomic mass is 10.2. The molecule has 0 bridgehead atoms. The highest BCUT2D eigenvalue weighted by Crippen LogP contribution is 2.26. The van der Waals surface area contributed by atoms with Crippen LogP contribution in [-0.2, 0) is 11.3 Å². The number of anilines is 1. The fourth-order valence-electron chi connectivity index (χ4n) is 1.63. The standard InChI is InChI=1S/C15H14Cl2N2OS/c16-12-4-2-1-3-10(12)8-19-15(20)9-21-11-5-6-14(18)13(17)7-11/h1-7H,8-9,18H2,(H,19,20). The molecule has 0 spiro atoms. The number of halogens is 2. The van der Waals surface area contributed by atoms with E-state index >= 15 is 0 Å². The summed E-state index contributed by atoms with van der Waals surface area (Å²) in [5.41, 5.74) is 7.07. The molecule has 0 aliphatic carbocycles. The number of nitrogen functional groups attached to an aromatic ring is 1. The Bertz CT molecular complexity index is 649. The monoisotopic (exact) mass is 340 g/mol. The zero-order valence-corrected chi connectivity index (χ0v) is 13.4. The van der Waals surface area contributed by atoms with Gasteiger partial charge in [-0.15, -0.1) is 11.8 Å². The molecular weight excluding hydrogens is 327 g/mol. The largest absolute Gasteiger partial charge is 0.398 e. The maximum atomic E-state index is 11.8. The van der Waals surface area contributed by atoms with Crippen LogP contribution in [0, 0.1) is 0 Å². The summed E-state index contributed by atoms with van der Waals surface area (Å²) in [5, 5.41) is 3.98. The first-order valence-electron chi connectivity index (χ1n) is 6.24. The number of hydrogen-bond acceptors (Lipinski definition) is 3. The summed E-state index contributed by atoms with van der Waals surface area (Å²) >= 11 is 13.4. The topological polar surface area (TPSA) is 55.1 Å². The van der Waals surface area contributed by atoms with Crippen LogP contribution in [0.5, 0.6) is 0 Å². The molecule has 0 aliphatic heterocycles. The second kappa shape index (κ2) is 7.59. The number of benzene rings is 2. The highest BCUT2D eigenvalue weighted by atomic mass is 35.5. The fraction of sp³-hybridized carbons (Fsp3) is 0.133. The fourth-order valence-corrected chi connectivity index (χ4v) is 2.85. The van der Waals surface area contributed by atoms with Gasteiger partial charge in [-0.2, -0.15) is 0 Å². The van der Waals surface area contributed by atoms with E-state index in [2.05, 4.69) is 5.32 Å². The number of carbonyl (C=O) groups excluding carboxylic acids is 1. The van der Waals surface area contributed by atoms with Gasteiger partial charge in [-0.05, 0) is 29.8 Å². The van der Waals surface area contributed by atoms with Gasteiger partial charge in [0.25, 0.3) is 0 Å². The van der Waals surface area contributed by atoms with Gasteiger partial charge in [-0.3, -0.25) is 4.79 Å². The van der Waals surface area contributed by atoms with Gasteiger partial charge < -0.3 is 11.1 Å². The van der Waals surface area contributed by atoms with Gasteiger partial charge in [0.05, 0.1) is 16.5 Å². The maximum Gasteiger partial charge on any atom is 0.230 e. The van der Waals surface area contributed by atoms with Crippen LogP contribution < -0.4 is 11.1 Å². The number of nitrogens with two attached hydrogens (primary N) is 1. The molecule has 3 N–H and O–H groups in total.